The van der Waals surface area contributed by atoms with Crippen LogP contribution in [0.3, 0.4) is 0 Å². The lowest BCUT2D eigenvalue weighted by Crippen LogP contribution is -2.57. The molecule has 2 heterocycles. The molecule has 48 heavy (non-hydrogen) atoms. The van der Waals surface area contributed by atoms with Crippen molar-refractivity contribution < 1.29 is 39.3 Å². The van der Waals surface area contributed by atoms with Gasteiger partial charge < -0.3 is 47.2 Å². The average molecular weight is 676 g/mol. The quantitative estimate of drug-likeness (QED) is 0.0838. The number of unbranched alkanes of at least 4 members (excludes halogenated alkanes) is 1. The number of carboxylic acid groups (broad SMARTS) is 1. The smallest absolute Gasteiger partial charge is 0.405 e. The predicted molar refractivity (Wildman–Crippen MR) is 172 cm³/mol. The summed E-state index contributed by atoms with van der Waals surface area (Å²) in [6, 6.07) is -4.43. The Labute approximate surface area is 279 Å². The molecule has 17 heteroatoms. The topological polar surface area (TPSA) is 254 Å². The zero-order valence-corrected chi connectivity index (χ0v) is 27.6. The van der Waals surface area contributed by atoms with Crippen LogP contribution in [0.1, 0.15) is 89.8 Å². The Bertz CT molecular complexity index is 1320. The van der Waals surface area contributed by atoms with E-state index in [0.717, 1.165) is 32.1 Å². The number of terminal acetylenes is 1. The van der Waals surface area contributed by atoms with Gasteiger partial charge in [-0.25, -0.2) is 14.3 Å². The molecule has 5 atom stereocenters. The van der Waals surface area contributed by atoms with Gasteiger partial charge in [0.15, 0.2) is 6.10 Å². The normalized spacial score (nSPS) is 20.2. The van der Waals surface area contributed by atoms with Crippen molar-refractivity contribution in [2.45, 2.75) is 114 Å². The van der Waals surface area contributed by atoms with E-state index in [9.17, 15) is 39.3 Å². The van der Waals surface area contributed by atoms with Crippen LogP contribution in [0.2, 0.25) is 0 Å². The first-order valence-corrected chi connectivity index (χ1v) is 16.4. The van der Waals surface area contributed by atoms with Gasteiger partial charge in [0.2, 0.25) is 17.7 Å². The summed E-state index contributed by atoms with van der Waals surface area (Å²) in [5.41, 5.74) is 4.39. The molecule has 0 aromatic carbocycles. The highest BCUT2D eigenvalue weighted by atomic mass is 16.4. The summed E-state index contributed by atoms with van der Waals surface area (Å²) in [6.45, 7) is 3.39. The first kappa shape index (κ1) is 38.0. The summed E-state index contributed by atoms with van der Waals surface area (Å²) in [6.07, 6.45) is 9.42. The number of hydrogen-bond donors (Lipinski definition) is 8. The zero-order chi connectivity index (χ0) is 35.4. The lowest BCUT2D eigenvalue weighted by atomic mass is 9.84. The molecule has 2 unspecified atom stereocenters. The van der Waals surface area contributed by atoms with Crippen LogP contribution in [0.25, 0.3) is 0 Å². The Hall–Kier alpha value is -4.43. The molecule has 2 fully saturated rings. The minimum atomic E-state index is -1.74. The van der Waals surface area contributed by atoms with E-state index < -0.39 is 65.7 Å². The molecule has 0 bridgehead atoms. The third kappa shape index (κ3) is 10.8. The van der Waals surface area contributed by atoms with Crippen molar-refractivity contribution in [1.29, 1.82) is 0 Å². The van der Waals surface area contributed by atoms with E-state index in [1.807, 2.05) is 0 Å². The van der Waals surface area contributed by atoms with Gasteiger partial charge in [0.25, 0.3) is 0 Å². The summed E-state index contributed by atoms with van der Waals surface area (Å²) in [5.74, 6) is 0.0966. The Morgan fingerprint density at radius 3 is 2.46 bits per heavy atom. The molecule has 0 radical (unpaired) electrons. The van der Waals surface area contributed by atoms with Gasteiger partial charge in [-0.15, -0.1) is 11.5 Å². The number of hydrogen-bond acceptors (Lipinski definition) is 9. The standard InChI is InChI=1S/C31H49N9O8/c1-4-13-33-29(45)34-14-9-8-12-21(25(41)26(32)42)36-27(43)23-16-20(40-24(17-35-38-40)31(2,3)48)18-39(23)28(44)22(37-30(46)47)15-19-10-6-5-7-11-19/h1,17,19-23,25,37,41,48H,5-16,18H2,2-3H3,(H2,32,42)(H,36,43)(H,46,47)(H2,33,34,45)/t20-,21?,22+,23-,25?/m0/s1. The fourth-order valence-electron chi connectivity index (χ4n) is 6.43. The Morgan fingerprint density at radius 1 is 1.12 bits per heavy atom. The van der Waals surface area contributed by atoms with Gasteiger partial charge in [0.1, 0.15) is 17.7 Å². The SMILES string of the molecule is C#CCNC(=O)NCCCCC(NC(=O)[C@@H]1C[C@H](n2nncc2C(C)(C)O)CN1C(=O)[C@@H](CC1CCCCC1)NC(=O)O)C(O)C(N)=O. The van der Waals surface area contributed by atoms with Gasteiger partial charge in [-0.2, -0.15) is 0 Å². The number of aliphatic hydroxyl groups excluding tert-OH is 1. The molecule has 1 saturated carbocycles. The van der Waals surface area contributed by atoms with Gasteiger partial charge in [0, 0.05) is 19.5 Å². The Morgan fingerprint density at radius 2 is 1.83 bits per heavy atom. The number of nitrogens with two attached hydrogens (primary N) is 1. The van der Waals surface area contributed by atoms with Crippen molar-refractivity contribution >= 4 is 29.8 Å². The summed E-state index contributed by atoms with van der Waals surface area (Å²) >= 11 is 0. The van der Waals surface area contributed by atoms with Crippen LogP contribution in [0, 0.1) is 18.3 Å². The highest BCUT2D eigenvalue weighted by Gasteiger charge is 2.45. The van der Waals surface area contributed by atoms with E-state index in [1.165, 1.54) is 15.8 Å². The van der Waals surface area contributed by atoms with Crippen molar-refractivity contribution in [3.63, 3.8) is 0 Å². The predicted octanol–water partition coefficient (Wildman–Crippen LogP) is -0.312. The number of aliphatic hydroxyl groups is 2. The van der Waals surface area contributed by atoms with Crippen LogP contribution < -0.4 is 27.0 Å². The second-order valence-corrected chi connectivity index (χ2v) is 13.0. The van der Waals surface area contributed by atoms with Crippen LogP contribution >= 0.6 is 0 Å². The molecule has 3 rings (SSSR count). The van der Waals surface area contributed by atoms with Crippen LogP contribution in [-0.2, 0) is 20.0 Å². The fraction of sp³-hybridized carbons (Fsp3) is 0.710. The molecule has 6 amide bonds. The Kier molecular flexibility index (Phi) is 14.0. The van der Waals surface area contributed by atoms with Gasteiger partial charge in [-0.05, 0) is 45.4 Å². The summed E-state index contributed by atoms with van der Waals surface area (Å²) in [5, 5.41) is 49.1. The average Bonchev–Trinajstić information content (AvgIpc) is 3.70. The van der Waals surface area contributed by atoms with Gasteiger partial charge in [0.05, 0.1) is 30.5 Å². The molecule has 1 aliphatic heterocycles. The molecule has 0 spiro atoms. The number of carbonyl (C=O) groups excluding carboxylic acids is 4. The first-order chi connectivity index (χ1) is 22.7. The monoisotopic (exact) mass is 675 g/mol. The molecule has 1 aromatic heterocycles. The number of likely N-dealkylation sites (tertiary alicyclic amines) is 1. The van der Waals surface area contributed by atoms with Crippen molar-refractivity contribution in [1.82, 2.24) is 41.2 Å². The number of nitrogens with zero attached hydrogens (tertiary/aromatic N) is 4. The molecule has 2 aliphatic rings. The third-order valence-corrected chi connectivity index (χ3v) is 8.88. The molecule has 1 aliphatic carbocycles. The number of carbonyl (C=O) groups is 5. The van der Waals surface area contributed by atoms with E-state index in [4.69, 9.17) is 12.2 Å². The van der Waals surface area contributed by atoms with Crippen molar-refractivity contribution in [2.75, 3.05) is 19.6 Å². The number of primary amides is 1. The van der Waals surface area contributed by atoms with Crippen LogP contribution in [0.5, 0.6) is 0 Å². The van der Waals surface area contributed by atoms with Crippen LogP contribution in [0.4, 0.5) is 9.59 Å². The van der Waals surface area contributed by atoms with Gasteiger partial charge in [-0.3, -0.25) is 14.4 Å². The minimum absolute atomic E-state index is 0.0311. The van der Waals surface area contributed by atoms with Crippen LogP contribution in [0.15, 0.2) is 6.20 Å². The Balaban J connectivity index is 1.82. The summed E-state index contributed by atoms with van der Waals surface area (Å²) in [7, 11) is 0. The number of amides is 6. The fourth-order valence-corrected chi connectivity index (χ4v) is 6.43. The van der Waals surface area contributed by atoms with Gasteiger partial charge >= 0.3 is 12.1 Å². The lowest BCUT2D eigenvalue weighted by Gasteiger charge is -2.32. The largest absolute Gasteiger partial charge is 0.465 e. The first-order valence-electron chi connectivity index (χ1n) is 16.4. The number of aromatic nitrogens is 3. The minimum Gasteiger partial charge on any atom is -0.465 e. The molecule has 266 valence electrons. The maximum Gasteiger partial charge on any atom is 0.405 e. The van der Waals surface area contributed by atoms with Crippen molar-refractivity contribution in [3.8, 4) is 12.3 Å². The van der Waals surface area contributed by atoms with E-state index in [0.29, 0.717) is 18.5 Å². The zero-order valence-electron chi connectivity index (χ0n) is 27.6. The van der Waals surface area contributed by atoms with Crippen molar-refractivity contribution in [2.24, 2.45) is 11.7 Å². The van der Waals surface area contributed by atoms with Gasteiger partial charge in [-0.1, -0.05) is 43.2 Å². The summed E-state index contributed by atoms with van der Waals surface area (Å²) < 4.78 is 1.46. The molecule has 1 aromatic rings. The number of nitrogens with one attached hydrogen (secondary N) is 4. The highest BCUT2D eigenvalue weighted by molar-refractivity contribution is 5.92. The molecular formula is C31H49N9O8. The second kappa shape index (κ2) is 17.6. The van der Waals surface area contributed by atoms with Crippen molar-refractivity contribution in [3.05, 3.63) is 11.9 Å². The van der Waals surface area contributed by atoms with E-state index in [1.54, 1.807) is 13.8 Å². The summed E-state index contributed by atoms with van der Waals surface area (Å²) in [4.78, 5) is 64.8. The van der Waals surface area contributed by atoms with E-state index in [-0.39, 0.29) is 44.8 Å². The molecule has 17 nitrogen and oxygen atoms in total. The second-order valence-electron chi connectivity index (χ2n) is 13.0. The van der Waals surface area contributed by atoms with E-state index in [2.05, 4.69) is 37.5 Å². The lowest BCUT2D eigenvalue weighted by molar-refractivity contribution is -0.141. The third-order valence-electron chi connectivity index (χ3n) is 8.88. The number of urea groups is 1. The maximum atomic E-state index is 14.1. The molecular weight excluding hydrogens is 626 g/mol. The highest BCUT2D eigenvalue weighted by Crippen LogP contribution is 2.33. The van der Waals surface area contributed by atoms with Crippen LogP contribution in [-0.4, -0.2) is 109 Å². The maximum absolute atomic E-state index is 14.1. The molecule has 9 N–H and O–H groups in total. The molecule has 1 saturated heterocycles. The van der Waals surface area contributed by atoms with E-state index >= 15 is 0 Å². The number of rotatable bonds is 16.